The Bertz CT molecular complexity index is 1300. The molecule has 1 saturated heterocycles. The number of aryl methyl sites for hydroxylation is 1. The summed E-state index contributed by atoms with van der Waals surface area (Å²) in [5.74, 6) is -2.63. The van der Waals surface area contributed by atoms with Crippen molar-refractivity contribution >= 4 is 33.5 Å². The van der Waals surface area contributed by atoms with Gasteiger partial charge in [0.2, 0.25) is 11.8 Å². The molecule has 2 aromatic rings. The Morgan fingerprint density at radius 2 is 1.76 bits per heavy atom. The van der Waals surface area contributed by atoms with Gasteiger partial charge in [-0.2, -0.15) is 0 Å². The predicted molar refractivity (Wildman–Crippen MR) is 116 cm³/mol. The zero-order valence-electron chi connectivity index (χ0n) is 18.1. The van der Waals surface area contributed by atoms with Crippen molar-refractivity contribution in [1.29, 1.82) is 0 Å². The first-order valence-electron chi connectivity index (χ1n) is 10.4. The molecule has 2 aliphatic heterocycles. The second-order valence-electron chi connectivity index (χ2n) is 7.97. The van der Waals surface area contributed by atoms with Gasteiger partial charge in [0, 0.05) is 6.42 Å². The maximum Gasteiger partial charge on any atom is 0.262 e. The number of piperidine rings is 1. The molecule has 0 aromatic heterocycles. The molecule has 0 spiro atoms. The number of nitrogens with zero attached hydrogens (tertiary/aromatic N) is 1. The molecule has 10 heteroatoms. The molecule has 1 atom stereocenters. The first-order chi connectivity index (χ1) is 15.6. The second kappa shape index (κ2) is 8.43. The lowest BCUT2D eigenvalue weighted by Crippen LogP contribution is -2.54. The van der Waals surface area contributed by atoms with Gasteiger partial charge in [0.25, 0.3) is 11.8 Å². The molecule has 2 aliphatic rings. The zero-order chi connectivity index (χ0) is 23.9. The van der Waals surface area contributed by atoms with Crippen LogP contribution in [0.25, 0.3) is 0 Å². The minimum absolute atomic E-state index is 0.0199. The third-order valence-electron chi connectivity index (χ3n) is 5.59. The van der Waals surface area contributed by atoms with Gasteiger partial charge in [-0.05, 0) is 55.7 Å². The first kappa shape index (κ1) is 22.7. The third kappa shape index (κ3) is 4.13. The average Bonchev–Trinajstić information content (AvgIpc) is 2.98. The molecule has 0 bridgehead atoms. The van der Waals surface area contributed by atoms with Crippen LogP contribution in [0.5, 0.6) is 5.75 Å². The summed E-state index contributed by atoms with van der Waals surface area (Å²) in [7, 11) is -3.82. The number of rotatable bonds is 6. The lowest BCUT2D eigenvalue weighted by atomic mass is 10.0. The van der Waals surface area contributed by atoms with Crippen LogP contribution >= 0.6 is 0 Å². The number of hydrogen-bond acceptors (Lipinski definition) is 7. The van der Waals surface area contributed by atoms with E-state index >= 15 is 0 Å². The minimum Gasteiger partial charge on any atom is -0.493 e. The van der Waals surface area contributed by atoms with Gasteiger partial charge in [0.05, 0.1) is 23.5 Å². The summed E-state index contributed by atoms with van der Waals surface area (Å²) in [4.78, 5) is 50.3. The van der Waals surface area contributed by atoms with Gasteiger partial charge in [-0.25, -0.2) is 8.42 Å². The highest BCUT2D eigenvalue weighted by Crippen LogP contribution is 2.31. The summed E-state index contributed by atoms with van der Waals surface area (Å²) in [6.07, 6.45) is 0.0665. The summed E-state index contributed by atoms with van der Waals surface area (Å²) < 4.78 is 31.7. The molecule has 0 aliphatic carbocycles. The fourth-order valence-corrected chi connectivity index (χ4v) is 5.52. The lowest BCUT2D eigenvalue weighted by molar-refractivity contribution is -0.136. The van der Waals surface area contributed by atoms with E-state index in [-0.39, 0.29) is 34.6 Å². The molecule has 4 amide bonds. The minimum atomic E-state index is -3.82. The van der Waals surface area contributed by atoms with E-state index in [1.807, 2.05) is 6.92 Å². The van der Waals surface area contributed by atoms with Gasteiger partial charge in [-0.15, -0.1) is 0 Å². The summed E-state index contributed by atoms with van der Waals surface area (Å²) >= 11 is 0. The average molecular weight is 471 g/mol. The molecule has 0 radical (unpaired) electrons. The maximum atomic E-state index is 13.1. The maximum absolute atomic E-state index is 13.1. The predicted octanol–water partition coefficient (Wildman–Crippen LogP) is 1.77. The van der Waals surface area contributed by atoms with Crippen molar-refractivity contribution in [2.24, 2.45) is 0 Å². The van der Waals surface area contributed by atoms with Crippen LogP contribution in [0.3, 0.4) is 0 Å². The monoisotopic (exact) mass is 470 g/mol. The fraction of sp³-hybridized carbons (Fsp3) is 0.304. The van der Waals surface area contributed by atoms with Gasteiger partial charge in [-0.3, -0.25) is 29.4 Å². The lowest BCUT2D eigenvalue weighted by Gasteiger charge is -2.27. The Balaban J connectivity index is 1.63. The largest absolute Gasteiger partial charge is 0.493 e. The highest BCUT2D eigenvalue weighted by Gasteiger charge is 2.44. The van der Waals surface area contributed by atoms with Gasteiger partial charge in [0.15, 0.2) is 9.84 Å². The first-order valence-corrected chi connectivity index (χ1v) is 12.1. The number of amides is 4. The van der Waals surface area contributed by atoms with E-state index in [9.17, 15) is 27.6 Å². The van der Waals surface area contributed by atoms with Crippen LogP contribution in [-0.2, 0) is 25.2 Å². The molecule has 1 N–H and O–H groups in total. The van der Waals surface area contributed by atoms with Crippen LogP contribution in [0.15, 0.2) is 41.3 Å². The Morgan fingerprint density at radius 3 is 2.45 bits per heavy atom. The summed E-state index contributed by atoms with van der Waals surface area (Å²) in [6.45, 7) is 3.89. The Hall–Kier alpha value is -3.53. The number of sulfone groups is 1. The van der Waals surface area contributed by atoms with Crippen molar-refractivity contribution in [2.75, 3.05) is 6.61 Å². The Labute approximate surface area is 190 Å². The molecular formula is C23H22N2O7S. The van der Waals surface area contributed by atoms with Crippen LogP contribution in [0.4, 0.5) is 0 Å². The molecule has 172 valence electrons. The van der Waals surface area contributed by atoms with Crippen LogP contribution in [0, 0.1) is 6.92 Å². The van der Waals surface area contributed by atoms with Crippen molar-refractivity contribution < 1.29 is 32.3 Å². The topological polar surface area (TPSA) is 127 Å². The van der Waals surface area contributed by atoms with E-state index in [0.717, 1.165) is 10.5 Å². The number of hydrogen-bond donors (Lipinski definition) is 1. The van der Waals surface area contributed by atoms with E-state index in [1.54, 1.807) is 19.1 Å². The summed E-state index contributed by atoms with van der Waals surface area (Å²) in [5.41, 5.74) is 1.30. The number of carbonyl (C=O) groups excluding carboxylic acids is 4. The molecule has 1 fully saturated rings. The number of benzene rings is 2. The normalized spacial score (nSPS) is 18.4. The molecule has 1 unspecified atom stereocenters. The quantitative estimate of drug-likeness (QED) is 0.638. The van der Waals surface area contributed by atoms with E-state index < -0.39 is 45.3 Å². The smallest absolute Gasteiger partial charge is 0.262 e. The number of carbonyl (C=O) groups is 4. The van der Waals surface area contributed by atoms with E-state index in [2.05, 4.69) is 5.32 Å². The summed E-state index contributed by atoms with van der Waals surface area (Å²) in [5, 5.41) is 2.14. The van der Waals surface area contributed by atoms with Crippen molar-refractivity contribution in [2.45, 2.75) is 43.4 Å². The molecular weight excluding hydrogens is 448 g/mol. The van der Waals surface area contributed by atoms with E-state index in [4.69, 9.17) is 4.74 Å². The van der Waals surface area contributed by atoms with Crippen molar-refractivity contribution in [3.8, 4) is 5.75 Å². The SMILES string of the molecule is CCOc1cc(C)ccc1S(=O)(=O)Cc1ccc2c(c1)C(=O)N(C1CCC(=O)NC1=O)C2=O. The molecule has 0 saturated carbocycles. The van der Waals surface area contributed by atoms with Gasteiger partial charge < -0.3 is 4.74 Å². The van der Waals surface area contributed by atoms with Crippen LogP contribution in [-0.4, -0.2) is 49.6 Å². The van der Waals surface area contributed by atoms with Gasteiger partial charge in [-0.1, -0.05) is 12.1 Å². The highest BCUT2D eigenvalue weighted by molar-refractivity contribution is 7.90. The molecule has 4 rings (SSSR count). The zero-order valence-corrected chi connectivity index (χ0v) is 18.9. The van der Waals surface area contributed by atoms with Crippen LogP contribution < -0.4 is 10.1 Å². The highest BCUT2D eigenvalue weighted by atomic mass is 32.2. The van der Waals surface area contributed by atoms with Crippen molar-refractivity contribution in [3.05, 3.63) is 58.7 Å². The van der Waals surface area contributed by atoms with Crippen molar-refractivity contribution in [3.63, 3.8) is 0 Å². The molecule has 2 aromatic carbocycles. The molecule has 33 heavy (non-hydrogen) atoms. The van der Waals surface area contributed by atoms with Gasteiger partial charge >= 0.3 is 0 Å². The second-order valence-corrected chi connectivity index (χ2v) is 9.93. The number of fused-ring (bicyclic) bond motifs is 1. The number of imide groups is 2. The van der Waals surface area contributed by atoms with Crippen molar-refractivity contribution in [1.82, 2.24) is 10.2 Å². The number of nitrogens with one attached hydrogen (secondary N) is 1. The van der Waals surface area contributed by atoms with E-state index in [1.165, 1.54) is 24.3 Å². The molecule has 2 heterocycles. The number of ether oxygens (including phenoxy) is 1. The summed E-state index contributed by atoms with van der Waals surface area (Å²) in [6, 6.07) is 7.98. The molecule has 9 nitrogen and oxygen atoms in total. The standard InChI is InChI=1S/C23H22N2O7S/c1-3-32-18-10-13(2)4-8-19(18)33(30,31)12-14-5-6-15-16(11-14)23(29)25(22(15)28)17-7-9-20(26)24-21(17)27/h4-6,8,10-11,17H,3,7,9,12H2,1-2H3,(H,24,26,27). The van der Waals surface area contributed by atoms with Crippen LogP contribution in [0.2, 0.25) is 0 Å². The Kier molecular flexibility index (Phi) is 5.79. The fourth-order valence-electron chi connectivity index (χ4n) is 4.05. The third-order valence-corrected chi connectivity index (χ3v) is 7.32. The van der Waals surface area contributed by atoms with E-state index in [0.29, 0.717) is 12.2 Å². The van der Waals surface area contributed by atoms with Crippen LogP contribution in [0.1, 0.15) is 51.6 Å². The Morgan fingerprint density at radius 1 is 1.03 bits per heavy atom. The van der Waals surface area contributed by atoms with Gasteiger partial charge in [0.1, 0.15) is 16.7 Å².